The van der Waals surface area contributed by atoms with Gasteiger partial charge in [-0.2, -0.15) is 0 Å². The fourth-order valence-corrected chi connectivity index (χ4v) is 6.21. The van der Waals surface area contributed by atoms with E-state index in [-0.39, 0.29) is 27.8 Å². The van der Waals surface area contributed by atoms with Crippen molar-refractivity contribution in [2.45, 2.75) is 57.6 Å². The van der Waals surface area contributed by atoms with Gasteiger partial charge in [0.15, 0.2) is 0 Å². The van der Waals surface area contributed by atoms with Gasteiger partial charge in [0.25, 0.3) is 15.7 Å². The summed E-state index contributed by atoms with van der Waals surface area (Å²) in [5.74, 6) is -0.800. The molecule has 0 aliphatic heterocycles. The molecule has 11 nitrogen and oxygen atoms in total. The second-order valence-electron chi connectivity index (χ2n) is 11.1. The van der Waals surface area contributed by atoms with Gasteiger partial charge in [0.05, 0.1) is 22.6 Å². The number of aryl methyl sites for hydroxylation is 1. The second kappa shape index (κ2) is 13.8. The number of nitro benzene ring substituents is 1. The number of ether oxygens (including phenoxy) is 1. The predicted molar refractivity (Wildman–Crippen MR) is 170 cm³/mol. The monoisotopic (exact) mass is 664 g/mol. The van der Waals surface area contributed by atoms with Gasteiger partial charge >= 0.3 is 0 Å². The number of halogens is 2. The number of nitrogens with one attached hydrogen (secondary N) is 1. The van der Waals surface area contributed by atoms with Crippen LogP contribution in [0.3, 0.4) is 0 Å². The van der Waals surface area contributed by atoms with E-state index in [1.807, 2.05) is 0 Å². The van der Waals surface area contributed by atoms with E-state index in [9.17, 15) is 28.1 Å². The molecule has 0 unspecified atom stereocenters. The highest BCUT2D eigenvalue weighted by atomic mass is 35.5. The lowest BCUT2D eigenvalue weighted by molar-refractivity contribution is -0.385. The third-order valence-electron chi connectivity index (χ3n) is 6.66. The Hall–Kier alpha value is -3.87. The molecule has 3 aromatic carbocycles. The molecule has 3 rings (SSSR count). The maximum absolute atomic E-state index is 14.1. The molecule has 1 atom stereocenters. The van der Waals surface area contributed by atoms with Crippen LogP contribution in [0.15, 0.2) is 65.6 Å². The summed E-state index contributed by atoms with van der Waals surface area (Å²) < 4.78 is 34.2. The number of carbonyl (C=O) groups is 2. The largest absolute Gasteiger partial charge is 0.497 e. The number of rotatable bonds is 11. The summed E-state index contributed by atoms with van der Waals surface area (Å²) in [6.07, 6.45) is 0. The number of benzene rings is 3. The lowest BCUT2D eigenvalue weighted by atomic mass is 10.1. The van der Waals surface area contributed by atoms with Crippen molar-refractivity contribution in [1.29, 1.82) is 0 Å². The summed E-state index contributed by atoms with van der Waals surface area (Å²) in [6.45, 7) is 7.39. The van der Waals surface area contributed by atoms with E-state index < -0.39 is 55.5 Å². The Morgan fingerprint density at radius 3 is 2.16 bits per heavy atom. The van der Waals surface area contributed by atoms with Crippen LogP contribution in [0.5, 0.6) is 5.75 Å². The number of nitro groups is 1. The van der Waals surface area contributed by atoms with Crippen molar-refractivity contribution in [2.75, 3.05) is 18.0 Å². The molecular weight excluding hydrogens is 631 g/mol. The quantitative estimate of drug-likeness (QED) is 0.203. The summed E-state index contributed by atoms with van der Waals surface area (Å²) >= 11 is 12.8. The van der Waals surface area contributed by atoms with E-state index in [4.69, 9.17) is 27.9 Å². The number of carbonyl (C=O) groups excluding carboxylic acids is 2. The standard InChI is InChI=1S/C30H34Cl2N4O7S/c1-19-10-15-23(16-27(19)36(39)40)44(41,42)35(21-11-13-22(43-6)14-12-21)18-28(37)34(20(2)29(38)33-30(3,4)5)17-24-25(31)8-7-9-26(24)32/h7-16,20H,17-18H2,1-6H3,(H,33,38)/t20-/m1/s1. The van der Waals surface area contributed by atoms with Crippen LogP contribution in [0.25, 0.3) is 0 Å². The first kappa shape index (κ1) is 34.6. The Labute approximate surface area is 266 Å². The third-order valence-corrected chi connectivity index (χ3v) is 9.14. The molecule has 0 aliphatic rings. The minimum absolute atomic E-state index is 0.0879. The molecular formula is C30H34Cl2N4O7S. The molecule has 236 valence electrons. The van der Waals surface area contributed by atoms with Crippen molar-refractivity contribution in [3.63, 3.8) is 0 Å². The highest BCUT2D eigenvalue weighted by Crippen LogP contribution is 2.31. The number of amides is 2. The molecule has 2 amide bonds. The van der Waals surface area contributed by atoms with Crippen molar-refractivity contribution >= 4 is 56.4 Å². The van der Waals surface area contributed by atoms with Gasteiger partial charge in [0, 0.05) is 39.3 Å². The van der Waals surface area contributed by atoms with Crippen LogP contribution < -0.4 is 14.4 Å². The average molecular weight is 666 g/mol. The van der Waals surface area contributed by atoms with Crippen molar-refractivity contribution in [2.24, 2.45) is 0 Å². The molecule has 0 spiro atoms. The Morgan fingerprint density at radius 1 is 1.05 bits per heavy atom. The number of sulfonamides is 1. The molecule has 0 saturated heterocycles. The fourth-order valence-electron chi connectivity index (χ4n) is 4.26. The van der Waals surface area contributed by atoms with Crippen molar-refractivity contribution < 1.29 is 27.7 Å². The average Bonchev–Trinajstić information content (AvgIpc) is 2.94. The zero-order valence-electron chi connectivity index (χ0n) is 25.1. The molecule has 0 bridgehead atoms. The van der Waals surface area contributed by atoms with Crippen LogP contribution in [0.4, 0.5) is 11.4 Å². The first-order chi connectivity index (χ1) is 20.5. The predicted octanol–water partition coefficient (Wildman–Crippen LogP) is 5.75. The molecule has 44 heavy (non-hydrogen) atoms. The zero-order chi connectivity index (χ0) is 33.0. The van der Waals surface area contributed by atoms with E-state index in [0.29, 0.717) is 11.3 Å². The highest BCUT2D eigenvalue weighted by molar-refractivity contribution is 7.92. The van der Waals surface area contributed by atoms with Gasteiger partial charge in [-0.1, -0.05) is 35.3 Å². The zero-order valence-corrected chi connectivity index (χ0v) is 27.5. The summed E-state index contributed by atoms with van der Waals surface area (Å²) in [5.41, 5.74) is -0.296. The minimum atomic E-state index is -4.55. The van der Waals surface area contributed by atoms with Gasteiger partial charge in [-0.05, 0) is 77.1 Å². The Morgan fingerprint density at radius 2 is 1.64 bits per heavy atom. The van der Waals surface area contributed by atoms with E-state index in [1.165, 1.54) is 62.3 Å². The third kappa shape index (κ3) is 8.19. The number of nitrogens with zero attached hydrogens (tertiary/aromatic N) is 3. The smallest absolute Gasteiger partial charge is 0.273 e. The summed E-state index contributed by atoms with van der Waals surface area (Å²) in [4.78, 5) is 39.1. The molecule has 0 aromatic heterocycles. The van der Waals surface area contributed by atoms with Crippen LogP contribution in [0.2, 0.25) is 10.0 Å². The van der Waals surface area contributed by atoms with Crippen molar-refractivity contribution in [3.05, 3.63) is 92.0 Å². The van der Waals surface area contributed by atoms with E-state index in [2.05, 4.69) is 5.32 Å². The second-order valence-corrected chi connectivity index (χ2v) is 13.7. The van der Waals surface area contributed by atoms with Gasteiger partial charge < -0.3 is 15.0 Å². The summed E-state index contributed by atoms with van der Waals surface area (Å²) in [7, 11) is -3.11. The van der Waals surface area contributed by atoms with Gasteiger partial charge in [-0.25, -0.2) is 8.42 Å². The molecule has 0 aliphatic carbocycles. The van der Waals surface area contributed by atoms with E-state index >= 15 is 0 Å². The molecule has 1 N–H and O–H groups in total. The summed E-state index contributed by atoms with van der Waals surface area (Å²) in [5, 5.41) is 15.0. The number of methoxy groups -OCH3 is 1. The van der Waals surface area contributed by atoms with Crippen LogP contribution in [0.1, 0.15) is 38.8 Å². The van der Waals surface area contributed by atoms with Gasteiger partial charge in [0.1, 0.15) is 18.3 Å². The number of hydrogen-bond acceptors (Lipinski definition) is 7. The maximum atomic E-state index is 14.1. The van der Waals surface area contributed by atoms with Crippen molar-refractivity contribution in [3.8, 4) is 5.75 Å². The topological polar surface area (TPSA) is 139 Å². The Bertz CT molecular complexity index is 1640. The lowest BCUT2D eigenvalue weighted by Crippen LogP contribution is -2.54. The number of anilines is 1. The van der Waals surface area contributed by atoms with Crippen molar-refractivity contribution in [1.82, 2.24) is 10.2 Å². The molecule has 14 heteroatoms. The fraction of sp³-hybridized carbons (Fsp3) is 0.333. The minimum Gasteiger partial charge on any atom is -0.497 e. The van der Waals surface area contributed by atoms with Crippen LogP contribution in [-0.4, -0.2) is 55.3 Å². The molecule has 0 radical (unpaired) electrons. The van der Waals surface area contributed by atoms with Crippen LogP contribution in [-0.2, 0) is 26.2 Å². The molecule has 0 heterocycles. The maximum Gasteiger partial charge on any atom is 0.273 e. The van der Waals surface area contributed by atoms with E-state index in [0.717, 1.165) is 10.4 Å². The summed E-state index contributed by atoms with van der Waals surface area (Å²) in [6, 6.07) is 13.2. The van der Waals surface area contributed by atoms with Gasteiger partial charge in [0.2, 0.25) is 11.8 Å². The van der Waals surface area contributed by atoms with E-state index in [1.54, 1.807) is 39.0 Å². The van der Waals surface area contributed by atoms with Crippen LogP contribution in [0, 0.1) is 17.0 Å². The first-order valence-corrected chi connectivity index (χ1v) is 15.6. The number of hydrogen-bond donors (Lipinski definition) is 1. The van der Waals surface area contributed by atoms with Gasteiger partial charge in [-0.15, -0.1) is 0 Å². The molecule has 0 saturated carbocycles. The lowest BCUT2D eigenvalue weighted by Gasteiger charge is -2.33. The molecule has 3 aromatic rings. The normalized spacial score (nSPS) is 12.3. The Balaban J connectivity index is 2.14. The highest BCUT2D eigenvalue weighted by Gasteiger charge is 2.34. The van der Waals surface area contributed by atoms with Crippen LogP contribution >= 0.6 is 23.2 Å². The Kier molecular flexibility index (Phi) is 10.9. The first-order valence-electron chi connectivity index (χ1n) is 13.4. The van der Waals surface area contributed by atoms with Gasteiger partial charge in [-0.3, -0.25) is 24.0 Å². The SMILES string of the molecule is COc1ccc(N(CC(=O)N(Cc2c(Cl)cccc2Cl)[C@H](C)C(=O)NC(C)(C)C)S(=O)(=O)c2ccc(C)c([N+](=O)[O-])c2)cc1. The molecule has 0 fully saturated rings.